The van der Waals surface area contributed by atoms with Crippen molar-refractivity contribution in [1.29, 1.82) is 0 Å². The van der Waals surface area contributed by atoms with Crippen LogP contribution in [0.4, 0.5) is 0 Å². The highest BCUT2D eigenvalue weighted by atomic mass is 35.5. The normalized spacial score (nSPS) is 15.9. The van der Waals surface area contributed by atoms with Gasteiger partial charge in [-0.1, -0.05) is 46.7 Å². The van der Waals surface area contributed by atoms with Gasteiger partial charge < -0.3 is 0 Å². The molecule has 1 saturated heterocycles. The van der Waals surface area contributed by atoms with Crippen LogP contribution in [0.3, 0.4) is 0 Å². The molecule has 1 aromatic carbocycles. The zero-order chi connectivity index (χ0) is 23.2. The fraction of sp³-hybridized carbons (Fsp3) is 0.286. The lowest BCUT2D eigenvalue weighted by molar-refractivity contribution is 0.180. The van der Waals surface area contributed by atoms with Crippen LogP contribution in [-0.4, -0.2) is 58.4 Å². The van der Waals surface area contributed by atoms with E-state index in [2.05, 4.69) is 15.0 Å². The summed E-state index contributed by atoms with van der Waals surface area (Å²) in [6, 6.07) is 12.6. The van der Waals surface area contributed by atoms with Gasteiger partial charge in [-0.2, -0.15) is 13.9 Å². The summed E-state index contributed by atoms with van der Waals surface area (Å²) < 4.78 is 29.1. The average molecular weight is 522 g/mol. The lowest BCUT2D eigenvalue weighted by Gasteiger charge is -2.33. The third kappa shape index (κ3) is 4.61. The van der Waals surface area contributed by atoms with E-state index in [1.54, 1.807) is 12.1 Å². The van der Waals surface area contributed by atoms with E-state index in [1.807, 2.05) is 31.2 Å². The number of nitrogens with zero attached hydrogens (tertiary/aromatic N) is 5. The molecule has 0 unspecified atom stereocenters. The summed E-state index contributed by atoms with van der Waals surface area (Å²) in [5, 5.41) is 5.19. The predicted octanol–water partition coefficient (Wildman–Crippen LogP) is 3.35. The number of sulfonamides is 1. The molecule has 0 spiro atoms. The zero-order valence-electron chi connectivity index (χ0n) is 17.6. The average Bonchev–Trinajstić information content (AvgIpc) is 3.41. The molecule has 33 heavy (non-hydrogen) atoms. The number of halogens is 1. The Balaban J connectivity index is 1.30. The predicted molar refractivity (Wildman–Crippen MR) is 131 cm³/mol. The van der Waals surface area contributed by atoms with Crippen LogP contribution in [0, 0.1) is 6.92 Å². The second kappa shape index (κ2) is 8.90. The monoisotopic (exact) mass is 521 g/mol. The first-order valence-electron chi connectivity index (χ1n) is 10.2. The van der Waals surface area contributed by atoms with Crippen LogP contribution in [0.15, 0.2) is 51.5 Å². The Morgan fingerprint density at radius 1 is 1.06 bits per heavy atom. The van der Waals surface area contributed by atoms with Crippen molar-refractivity contribution in [1.82, 2.24) is 23.8 Å². The van der Waals surface area contributed by atoms with Crippen molar-refractivity contribution in [2.75, 3.05) is 26.2 Å². The van der Waals surface area contributed by atoms with Gasteiger partial charge in [0.05, 0.1) is 10.0 Å². The van der Waals surface area contributed by atoms with Gasteiger partial charge in [0.15, 0.2) is 0 Å². The van der Waals surface area contributed by atoms with Gasteiger partial charge in [-0.25, -0.2) is 13.4 Å². The van der Waals surface area contributed by atoms with E-state index in [4.69, 9.17) is 11.6 Å². The van der Waals surface area contributed by atoms with E-state index in [0.717, 1.165) is 27.5 Å². The number of rotatable bonds is 5. The maximum absolute atomic E-state index is 12.8. The second-order valence-electron chi connectivity index (χ2n) is 7.80. The fourth-order valence-corrected chi connectivity index (χ4v) is 7.73. The number of piperazine rings is 1. The van der Waals surface area contributed by atoms with Gasteiger partial charge in [0.1, 0.15) is 9.22 Å². The number of aromatic nitrogens is 3. The molecule has 0 radical (unpaired) electrons. The number of fused-ring (bicyclic) bond motifs is 1. The Labute approximate surface area is 203 Å². The topological polar surface area (TPSA) is 87.9 Å². The Morgan fingerprint density at radius 3 is 2.55 bits per heavy atom. The minimum Gasteiger partial charge on any atom is -0.295 e. The van der Waals surface area contributed by atoms with Crippen molar-refractivity contribution in [3.05, 3.63) is 68.4 Å². The summed E-state index contributed by atoms with van der Waals surface area (Å²) in [6.07, 6.45) is 0. The number of hydrogen-bond acceptors (Lipinski definition) is 8. The molecule has 3 aromatic heterocycles. The van der Waals surface area contributed by atoms with Gasteiger partial charge in [0, 0.05) is 44.4 Å². The highest BCUT2D eigenvalue weighted by molar-refractivity contribution is 7.91. The van der Waals surface area contributed by atoms with Crippen molar-refractivity contribution in [3.63, 3.8) is 0 Å². The van der Waals surface area contributed by atoms with Gasteiger partial charge in [-0.3, -0.25) is 9.69 Å². The van der Waals surface area contributed by atoms with Crippen LogP contribution in [0.2, 0.25) is 4.34 Å². The lowest BCUT2D eigenvalue weighted by atomic mass is 10.1. The molecule has 4 aromatic rings. The number of hydrogen-bond donors (Lipinski definition) is 0. The molecular formula is C21H20ClN5O3S3. The molecule has 0 saturated carbocycles. The molecule has 0 aliphatic carbocycles. The van der Waals surface area contributed by atoms with Gasteiger partial charge in [0.2, 0.25) is 4.96 Å². The van der Waals surface area contributed by atoms with Crippen molar-refractivity contribution in [2.24, 2.45) is 0 Å². The summed E-state index contributed by atoms with van der Waals surface area (Å²) in [7, 11) is -3.53. The van der Waals surface area contributed by atoms with Crippen molar-refractivity contribution in [2.45, 2.75) is 17.7 Å². The van der Waals surface area contributed by atoms with Gasteiger partial charge in [-0.15, -0.1) is 11.3 Å². The van der Waals surface area contributed by atoms with Crippen molar-refractivity contribution in [3.8, 4) is 10.6 Å². The molecule has 0 atom stereocenters. The molecule has 0 N–H and O–H groups in total. The Hall–Kier alpha value is -2.15. The second-order valence-corrected chi connectivity index (χ2v) is 12.6. The SMILES string of the molecule is Cc1cccc(-c2nn3c(=O)cc(CN4CCN(S(=O)(=O)c5ccc(Cl)s5)CC4)nc3s2)c1. The summed E-state index contributed by atoms with van der Waals surface area (Å²) >= 11 is 8.35. The molecule has 12 heteroatoms. The van der Waals surface area contributed by atoms with Crippen LogP contribution in [-0.2, 0) is 16.6 Å². The third-order valence-corrected chi connectivity index (χ3v) is 9.98. The Morgan fingerprint density at radius 2 is 1.85 bits per heavy atom. The smallest absolute Gasteiger partial charge is 0.275 e. The van der Waals surface area contributed by atoms with Crippen molar-refractivity contribution >= 4 is 49.3 Å². The highest BCUT2D eigenvalue weighted by Gasteiger charge is 2.30. The molecule has 0 bridgehead atoms. The third-order valence-electron chi connectivity index (χ3n) is 5.42. The number of thiophene rings is 1. The molecule has 8 nitrogen and oxygen atoms in total. The summed E-state index contributed by atoms with van der Waals surface area (Å²) in [6.45, 7) is 4.34. The zero-order valence-corrected chi connectivity index (χ0v) is 20.8. The van der Waals surface area contributed by atoms with E-state index in [-0.39, 0.29) is 9.77 Å². The number of benzene rings is 1. The van der Waals surface area contributed by atoms with Gasteiger partial charge in [0.25, 0.3) is 15.6 Å². The molecule has 4 heterocycles. The van der Waals surface area contributed by atoms with E-state index in [1.165, 1.54) is 26.2 Å². The quantitative estimate of drug-likeness (QED) is 0.400. The van der Waals surface area contributed by atoms with Crippen LogP contribution in [0.25, 0.3) is 15.5 Å². The first kappa shape index (κ1) is 22.6. The molecule has 1 aliphatic heterocycles. The lowest BCUT2D eigenvalue weighted by Crippen LogP contribution is -2.48. The minimum absolute atomic E-state index is 0.221. The van der Waals surface area contributed by atoms with E-state index < -0.39 is 10.0 Å². The van der Waals surface area contributed by atoms with Crippen LogP contribution in [0.5, 0.6) is 0 Å². The summed E-state index contributed by atoms with van der Waals surface area (Å²) in [4.78, 5) is 19.9. The molecule has 0 amide bonds. The summed E-state index contributed by atoms with van der Waals surface area (Å²) in [5.41, 5.74) is 2.51. The summed E-state index contributed by atoms with van der Waals surface area (Å²) in [5.74, 6) is 0. The molecule has 1 fully saturated rings. The van der Waals surface area contributed by atoms with E-state index >= 15 is 0 Å². The maximum Gasteiger partial charge on any atom is 0.275 e. The van der Waals surface area contributed by atoms with Crippen LogP contribution in [0.1, 0.15) is 11.3 Å². The minimum atomic E-state index is -3.53. The fourth-order valence-electron chi connectivity index (χ4n) is 3.75. The van der Waals surface area contributed by atoms with Gasteiger partial charge in [-0.05, 0) is 25.1 Å². The first-order valence-corrected chi connectivity index (χ1v) is 13.7. The van der Waals surface area contributed by atoms with Crippen LogP contribution >= 0.6 is 34.3 Å². The number of aryl methyl sites for hydroxylation is 1. The molecular weight excluding hydrogens is 502 g/mol. The highest BCUT2D eigenvalue weighted by Crippen LogP contribution is 2.29. The van der Waals surface area contributed by atoms with Crippen LogP contribution < -0.4 is 5.56 Å². The van der Waals surface area contributed by atoms with E-state index in [0.29, 0.717) is 47.7 Å². The Bertz CT molecular complexity index is 1490. The van der Waals surface area contributed by atoms with Crippen molar-refractivity contribution < 1.29 is 8.42 Å². The molecule has 172 valence electrons. The first-order chi connectivity index (χ1) is 15.8. The molecule has 1 aliphatic rings. The van der Waals surface area contributed by atoms with E-state index in [9.17, 15) is 13.2 Å². The van der Waals surface area contributed by atoms with Gasteiger partial charge >= 0.3 is 0 Å². The maximum atomic E-state index is 12.8. The Kier molecular flexibility index (Phi) is 6.10. The largest absolute Gasteiger partial charge is 0.295 e. The standard InChI is InChI=1S/C21H20ClN5O3S3/c1-14-3-2-4-15(11-14)20-24-27-18(28)12-16(23-21(27)32-20)13-25-7-9-26(10-8-25)33(29,30)19-6-5-17(22)31-19/h2-6,11-12H,7-10,13H2,1H3. The molecule has 5 rings (SSSR count).